The fourth-order valence-electron chi connectivity index (χ4n) is 6.64. The quantitative estimate of drug-likeness (QED) is 0.208. The Balaban J connectivity index is 1.52. The molecule has 2 aromatic heterocycles. The number of hydrogen-bond donors (Lipinski definition) is 0. The van der Waals surface area contributed by atoms with Crippen LogP contribution in [0.15, 0.2) is 109 Å². The molecule has 0 radical (unpaired) electrons. The molecule has 0 saturated carbocycles. The number of imidazole rings is 1. The number of allylic oxidation sites excluding steroid dienone is 4. The van der Waals surface area contributed by atoms with E-state index in [9.17, 15) is 0 Å². The van der Waals surface area contributed by atoms with Gasteiger partial charge in [0.15, 0.2) is 11.7 Å². The van der Waals surface area contributed by atoms with Crippen LogP contribution in [-0.2, 0) is 7.05 Å². The third kappa shape index (κ3) is 3.17. The lowest BCUT2D eigenvalue weighted by atomic mass is 9.85. The van der Waals surface area contributed by atoms with Gasteiger partial charge in [0.1, 0.15) is 12.9 Å². The zero-order valence-corrected chi connectivity index (χ0v) is 22.1. The molecule has 0 atom stereocenters. The Morgan fingerprint density at radius 2 is 1.54 bits per heavy atom. The van der Waals surface area contributed by atoms with Gasteiger partial charge in [-0.1, -0.05) is 84.9 Å². The number of hydrogen-bond acceptors (Lipinski definition) is 1. The Labute approximate surface area is 228 Å². The Morgan fingerprint density at radius 3 is 2.44 bits per heavy atom. The molecule has 0 saturated heterocycles. The van der Waals surface area contributed by atoms with Gasteiger partial charge >= 0.3 is 0 Å². The van der Waals surface area contributed by atoms with Gasteiger partial charge in [0.25, 0.3) is 0 Å². The smallest absolute Gasteiger partial charge is 0.240 e. The van der Waals surface area contributed by atoms with E-state index in [1.807, 2.05) is 0 Å². The summed E-state index contributed by atoms with van der Waals surface area (Å²) in [5.41, 5.74) is 13.4. The van der Waals surface area contributed by atoms with Crippen molar-refractivity contribution in [1.29, 1.82) is 0 Å². The first kappa shape index (κ1) is 22.2. The van der Waals surface area contributed by atoms with E-state index in [1.54, 1.807) is 0 Å². The van der Waals surface area contributed by atoms with E-state index < -0.39 is 0 Å². The Bertz CT molecular complexity index is 2040. The summed E-state index contributed by atoms with van der Waals surface area (Å²) < 4.78 is 4.62. The normalized spacial score (nSPS) is 14.0. The van der Waals surface area contributed by atoms with Crippen molar-refractivity contribution in [2.75, 3.05) is 0 Å². The van der Waals surface area contributed by atoms with Gasteiger partial charge in [-0.3, -0.25) is 4.57 Å². The molecule has 3 nitrogen and oxygen atoms in total. The molecule has 0 N–H and O–H groups in total. The molecule has 39 heavy (non-hydrogen) atoms. The SMILES string of the molecule is Cc1c(-c2c3nc4n(c3cc[n+]2C)-c2ccccc2-c2ccccc2C2=C4C=CCC2)ccc2ccccc12. The van der Waals surface area contributed by atoms with E-state index in [0.717, 1.165) is 35.4 Å². The molecule has 0 amide bonds. The van der Waals surface area contributed by atoms with Crippen molar-refractivity contribution in [3.8, 4) is 28.1 Å². The van der Waals surface area contributed by atoms with Crippen LogP contribution in [0.1, 0.15) is 29.8 Å². The van der Waals surface area contributed by atoms with Crippen molar-refractivity contribution in [3.05, 3.63) is 126 Å². The maximum absolute atomic E-state index is 5.50. The highest BCUT2D eigenvalue weighted by atomic mass is 15.1. The van der Waals surface area contributed by atoms with Crippen LogP contribution >= 0.6 is 0 Å². The van der Waals surface area contributed by atoms with Crippen molar-refractivity contribution in [2.45, 2.75) is 19.8 Å². The fourth-order valence-corrected chi connectivity index (χ4v) is 6.64. The molecule has 0 spiro atoms. The molecule has 6 aromatic rings. The topological polar surface area (TPSA) is 21.7 Å². The number of para-hydroxylation sites is 1. The second-order valence-electron chi connectivity index (χ2n) is 10.6. The van der Waals surface area contributed by atoms with Gasteiger partial charge in [0, 0.05) is 17.2 Å². The molecule has 8 rings (SSSR count). The minimum atomic E-state index is 1.01. The number of nitrogens with zero attached hydrogens (tertiary/aromatic N) is 3. The van der Waals surface area contributed by atoms with Crippen molar-refractivity contribution >= 4 is 33.0 Å². The predicted octanol–water partition coefficient (Wildman–Crippen LogP) is 8.22. The lowest BCUT2D eigenvalue weighted by Crippen LogP contribution is -2.31. The van der Waals surface area contributed by atoms with Gasteiger partial charge < -0.3 is 0 Å². The maximum atomic E-state index is 5.50. The number of aryl methyl sites for hydroxylation is 2. The first-order valence-electron chi connectivity index (χ1n) is 13.7. The third-order valence-electron chi connectivity index (χ3n) is 8.50. The van der Waals surface area contributed by atoms with Crippen LogP contribution in [-0.4, -0.2) is 9.55 Å². The van der Waals surface area contributed by atoms with Crippen LogP contribution in [0, 0.1) is 6.92 Å². The molecule has 186 valence electrons. The molecular weight excluding hydrogens is 474 g/mol. The van der Waals surface area contributed by atoms with E-state index in [0.29, 0.717) is 0 Å². The average molecular weight is 503 g/mol. The van der Waals surface area contributed by atoms with Crippen LogP contribution in [0.4, 0.5) is 0 Å². The summed E-state index contributed by atoms with van der Waals surface area (Å²) in [6, 6.07) is 33.0. The minimum absolute atomic E-state index is 1.01. The summed E-state index contributed by atoms with van der Waals surface area (Å²) in [6.45, 7) is 2.24. The Hall–Kier alpha value is -4.76. The Morgan fingerprint density at radius 1 is 0.769 bits per heavy atom. The van der Waals surface area contributed by atoms with Gasteiger partial charge in [-0.25, -0.2) is 4.98 Å². The Kier molecular flexibility index (Phi) is 4.78. The van der Waals surface area contributed by atoms with E-state index in [4.69, 9.17) is 4.98 Å². The number of pyridine rings is 1. The molecule has 2 aliphatic rings. The van der Waals surface area contributed by atoms with Gasteiger partial charge in [0.05, 0.1) is 16.8 Å². The van der Waals surface area contributed by atoms with Crippen LogP contribution in [0.3, 0.4) is 0 Å². The molecule has 1 aliphatic carbocycles. The minimum Gasteiger partial charge on any atom is -0.291 e. The molecule has 0 bridgehead atoms. The van der Waals surface area contributed by atoms with Crippen molar-refractivity contribution in [2.24, 2.45) is 7.05 Å². The zero-order chi connectivity index (χ0) is 26.1. The van der Waals surface area contributed by atoms with Gasteiger partial charge in [0.2, 0.25) is 5.69 Å². The summed E-state index contributed by atoms with van der Waals surface area (Å²) in [7, 11) is 2.13. The third-order valence-corrected chi connectivity index (χ3v) is 8.50. The van der Waals surface area contributed by atoms with Crippen molar-refractivity contribution in [3.63, 3.8) is 0 Å². The second-order valence-corrected chi connectivity index (χ2v) is 10.6. The van der Waals surface area contributed by atoms with Crippen LogP contribution in [0.5, 0.6) is 0 Å². The highest BCUT2D eigenvalue weighted by Gasteiger charge is 2.30. The number of rotatable bonds is 1. The summed E-state index contributed by atoms with van der Waals surface area (Å²) in [5.74, 6) is 1.02. The molecule has 0 fully saturated rings. The van der Waals surface area contributed by atoms with Crippen LogP contribution < -0.4 is 4.57 Å². The molecule has 0 unspecified atom stereocenters. The van der Waals surface area contributed by atoms with E-state index >= 15 is 0 Å². The monoisotopic (exact) mass is 502 g/mol. The van der Waals surface area contributed by atoms with Gasteiger partial charge in [-0.2, -0.15) is 4.57 Å². The molecular formula is C36H28N3+. The van der Waals surface area contributed by atoms with Crippen molar-refractivity contribution in [1.82, 2.24) is 9.55 Å². The molecule has 3 heteroatoms. The van der Waals surface area contributed by atoms with Crippen LogP contribution in [0.2, 0.25) is 0 Å². The summed E-state index contributed by atoms with van der Waals surface area (Å²) in [4.78, 5) is 5.50. The largest absolute Gasteiger partial charge is 0.291 e. The summed E-state index contributed by atoms with van der Waals surface area (Å²) in [5, 5.41) is 2.55. The first-order valence-corrected chi connectivity index (χ1v) is 13.7. The highest BCUT2D eigenvalue weighted by Crippen LogP contribution is 2.45. The standard InChI is InChI=1S/C36H28N3/c1-23-25-12-4-3-11-24(25)19-20-26(23)35-34-33(21-22-38(35)2)39-32-18-10-9-16-30(32)28-14-6-5-13-27(28)29-15-7-8-17-31(29)36(39)37-34/h3-6,8-14,16-22H,7,15H2,1-2H3/q+1. The molecule has 3 heterocycles. The molecule has 4 aromatic carbocycles. The van der Waals surface area contributed by atoms with Gasteiger partial charge in [-0.15, -0.1) is 0 Å². The summed E-state index contributed by atoms with van der Waals surface area (Å²) in [6.07, 6.45) is 8.84. The van der Waals surface area contributed by atoms with Crippen molar-refractivity contribution < 1.29 is 4.57 Å². The zero-order valence-electron chi connectivity index (χ0n) is 22.1. The average Bonchev–Trinajstić information content (AvgIpc) is 3.36. The van der Waals surface area contributed by atoms with Gasteiger partial charge in [-0.05, 0) is 64.9 Å². The number of aromatic nitrogens is 3. The molecule has 1 aliphatic heterocycles. The van der Waals surface area contributed by atoms with E-state index in [1.165, 1.54) is 55.4 Å². The fraction of sp³-hybridized carbons (Fsp3) is 0.111. The lowest BCUT2D eigenvalue weighted by molar-refractivity contribution is -0.659. The lowest BCUT2D eigenvalue weighted by Gasteiger charge is -2.25. The summed E-state index contributed by atoms with van der Waals surface area (Å²) >= 11 is 0. The predicted molar refractivity (Wildman–Crippen MR) is 161 cm³/mol. The highest BCUT2D eigenvalue weighted by molar-refractivity contribution is 6.04. The number of fused-ring (bicyclic) bond motifs is 10. The number of benzene rings is 4. The second kappa shape index (κ2) is 8.37. The first-order chi connectivity index (χ1) is 19.2. The maximum Gasteiger partial charge on any atom is 0.240 e. The van der Waals surface area contributed by atoms with E-state index in [2.05, 4.69) is 132 Å². The van der Waals surface area contributed by atoms with E-state index in [-0.39, 0.29) is 0 Å². The van der Waals surface area contributed by atoms with Crippen LogP contribution in [0.25, 0.3) is 61.0 Å².